The van der Waals surface area contributed by atoms with Crippen molar-refractivity contribution in [1.82, 2.24) is 0 Å². The standard InChI is InChI=1S/C12H15FN2O4S/c1-7(20-3)6-14-10-4-8(12(16)19-2)9(13)5-11(10)15(17)18/h4-5,7,14H,6H2,1-3H3. The molecule has 0 saturated carbocycles. The van der Waals surface area contributed by atoms with Gasteiger partial charge in [0, 0.05) is 11.8 Å². The Morgan fingerprint density at radius 2 is 2.25 bits per heavy atom. The van der Waals surface area contributed by atoms with Crippen LogP contribution in [0.5, 0.6) is 0 Å². The molecule has 110 valence electrons. The van der Waals surface area contributed by atoms with E-state index in [-0.39, 0.29) is 16.5 Å². The van der Waals surface area contributed by atoms with Crippen LogP contribution in [0.3, 0.4) is 0 Å². The minimum Gasteiger partial charge on any atom is -0.465 e. The minimum absolute atomic E-state index is 0.0951. The maximum absolute atomic E-state index is 13.7. The van der Waals surface area contributed by atoms with E-state index in [1.54, 1.807) is 11.8 Å². The zero-order valence-electron chi connectivity index (χ0n) is 11.3. The molecule has 0 bridgehead atoms. The number of carbonyl (C=O) groups excluding carboxylic acids is 1. The van der Waals surface area contributed by atoms with E-state index in [4.69, 9.17) is 0 Å². The van der Waals surface area contributed by atoms with Gasteiger partial charge in [-0.25, -0.2) is 9.18 Å². The van der Waals surface area contributed by atoms with Gasteiger partial charge in [0.25, 0.3) is 5.69 Å². The van der Waals surface area contributed by atoms with Crippen LogP contribution < -0.4 is 5.32 Å². The number of ether oxygens (including phenoxy) is 1. The van der Waals surface area contributed by atoms with Crippen molar-refractivity contribution in [3.05, 3.63) is 33.6 Å². The average Bonchev–Trinajstić information content (AvgIpc) is 2.44. The van der Waals surface area contributed by atoms with Crippen molar-refractivity contribution in [2.75, 3.05) is 25.2 Å². The van der Waals surface area contributed by atoms with Gasteiger partial charge in [0.1, 0.15) is 11.5 Å². The van der Waals surface area contributed by atoms with Gasteiger partial charge < -0.3 is 10.1 Å². The van der Waals surface area contributed by atoms with E-state index < -0.39 is 22.4 Å². The number of hydrogen-bond acceptors (Lipinski definition) is 6. The van der Waals surface area contributed by atoms with Crippen molar-refractivity contribution in [1.29, 1.82) is 0 Å². The molecule has 0 saturated heterocycles. The normalized spacial score (nSPS) is 11.8. The summed E-state index contributed by atoms with van der Waals surface area (Å²) in [6.45, 7) is 2.39. The number of anilines is 1. The third-order valence-electron chi connectivity index (χ3n) is 2.67. The second kappa shape index (κ2) is 7.09. The van der Waals surface area contributed by atoms with E-state index in [0.717, 1.165) is 19.2 Å². The zero-order valence-corrected chi connectivity index (χ0v) is 12.1. The lowest BCUT2D eigenvalue weighted by atomic mass is 10.1. The molecule has 1 aromatic rings. The van der Waals surface area contributed by atoms with Crippen LogP contribution in [0, 0.1) is 15.9 Å². The summed E-state index contributed by atoms with van der Waals surface area (Å²) in [5.41, 5.74) is -0.654. The monoisotopic (exact) mass is 302 g/mol. The fourth-order valence-corrected chi connectivity index (χ4v) is 1.71. The number of hydrogen-bond donors (Lipinski definition) is 1. The van der Waals surface area contributed by atoms with Gasteiger partial charge in [-0.2, -0.15) is 11.8 Å². The number of thioether (sulfide) groups is 1. The fourth-order valence-electron chi connectivity index (χ4n) is 1.46. The highest BCUT2D eigenvalue weighted by Crippen LogP contribution is 2.28. The molecule has 0 aliphatic carbocycles. The number of nitro groups is 1. The molecule has 0 amide bonds. The second-order valence-corrected chi connectivity index (χ2v) is 5.30. The number of nitrogens with one attached hydrogen (secondary N) is 1. The van der Waals surface area contributed by atoms with E-state index in [2.05, 4.69) is 10.1 Å². The summed E-state index contributed by atoms with van der Waals surface area (Å²) in [6.07, 6.45) is 1.91. The van der Waals surface area contributed by atoms with Crippen molar-refractivity contribution in [3.8, 4) is 0 Å². The number of rotatable bonds is 6. The first-order chi connectivity index (χ1) is 9.40. The molecule has 0 spiro atoms. The van der Waals surface area contributed by atoms with E-state index >= 15 is 0 Å². The summed E-state index contributed by atoms with van der Waals surface area (Å²) in [5.74, 6) is -1.86. The summed E-state index contributed by atoms with van der Waals surface area (Å²) in [6, 6.07) is 1.82. The summed E-state index contributed by atoms with van der Waals surface area (Å²) < 4.78 is 18.1. The first-order valence-corrected chi connectivity index (χ1v) is 7.02. The van der Waals surface area contributed by atoms with Gasteiger partial charge in [-0.1, -0.05) is 6.92 Å². The molecule has 6 nitrogen and oxygen atoms in total. The van der Waals surface area contributed by atoms with Crippen molar-refractivity contribution < 1.29 is 18.8 Å². The molecule has 8 heteroatoms. The Morgan fingerprint density at radius 3 is 2.75 bits per heavy atom. The third kappa shape index (κ3) is 3.83. The maximum atomic E-state index is 13.7. The van der Waals surface area contributed by atoms with Gasteiger partial charge in [0.05, 0.1) is 23.7 Å². The van der Waals surface area contributed by atoms with Gasteiger partial charge in [-0.05, 0) is 12.3 Å². The molecule has 1 unspecified atom stereocenters. The van der Waals surface area contributed by atoms with Crippen LogP contribution in [-0.4, -0.2) is 36.1 Å². The summed E-state index contributed by atoms with van der Waals surface area (Å²) >= 11 is 1.58. The minimum atomic E-state index is -0.980. The van der Waals surface area contributed by atoms with Crippen molar-refractivity contribution >= 4 is 29.1 Å². The summed E-state index contributed by atoms with van der Waals surface area (Å²) in [7, 11) is 1.12. The van der Waals surface area contributed by atoms with Gasteiger partial charge in [0.2, 0.25) is 0 Å². The quantitative estimate of drug-likeness (QED) is 0.494. The number of esters is 1. The Hall–Kier alpha value is -1.83. The van der Waals surface area contributed by atoms with Crippen LogP contribution in [0.2, 0.25) is 0 Å². The molecule has 0 aromatic heterocycles. The molecular formula is C12H15FN2O4S. The molecule has 20 heavy (non-hydrogen) atoms. The lowest BCUT2D eigenvalue weighted by molar-refractivity contribution is -0.384. The SMILES string of the molecule is COC(=O)c1cc(NCC(C)SC)c([N+](=O)[O-])cc1F. The highest BCUT2D eigenvalue weighted by molar-refractivity contribution is 7.99. The highest BCUT2D eigenvalue weighted by Gasteiger charge is 2.22. The lowest BCUT2D eigenvalue weighted by Gasteiger charge is -2.12. The molecule has 1 rings (SSSR count). The predicted octanol–water partition coefficient (Wildman–Crippen LogP) is 2.68. The molecular weight excluding hydrogens is 287 g/mol. The van der Waals surface area contributed by atoms with Crippen LogP contribution in [0.1, 0.15) is 17.3 Å². The van der Waals surface area contributed by atoms with E-state index in [9.17, 15) is 19.3 Å². The number of benzene rings is 1. The van der Waals surface area contributed by atoms with Gasteiger partial charge >= 0.3 is 5.97 Å². The molecule has 1 atom stereocenters. The van der Waals surface area contributed by atoms with Crippen molar-refractivity contribution in [2.45, 2.75) is 12.2 Å². The Balaban J connectivity index is 3.16. The molecule has 0 heterocycles. The molecule has 0 radical (unpaired) electrons. The molecule has 0 fully saturated rings. The number of carbonyl (C=O) groups is 1. The topological polar surface area (TPSA) is 81.5 Å². The maximum Gasteiger partial charge on any atom is 0.340 e. The fraction of sp³-hybridized carbons (Fsp3) is 0.417. The first-order valence-electron chi connectivity index (χ1n) is 5.73. The zero-order chi connectivity index (χ0) is 15.3. The van der Waals surface area contributed by atoms with Gasteiger partial charge in [-0.3, -0.25) is 10.1 Å². The molecule has 1 aromatic carbocycles. The third-order valence-corrected chi connectivity index (χ3v) is 3.64. The average molecular weight is 302 g/mol. The Labute approximate surface area is 119 Å². The van der Waals surface area contributed by atoms with Crippen molar-refractivity contribution in [3.63, 3.8) is 0 Å². The number of halogens is 1. The summed E-state index contributed by atoms with van der Waals surface area (Å²) in [4.78, 5) is 21.6. The smallest absolute Gasteiger partial charge is 0.340 e. The second-order valence-electron chi connectivity index (χ2n) is 4.03. The number of nitrogens with zero attached hydrogens (tertiary/aromatic N) is 1. The summed E-state index contributed by atoms with van der Waals surface area (Å²) in [5, 5.41) is 14.0. The van der Waals surface area contributed by atoms with Gasteiger partial charge in [-0.15, -0.1) is 0 Å². The number of nitro benzene ring substituents is 1. The highest BCUT2D eigenvalue weighted by atomic mass is 32.2. The predicted molar refractivity (Wildman–Crippen MR) is 75.9 cm³/mol. The first kappa shape index (κ1) is 16.2. The van der Waals surface area contributed by atoms with Crippen molar-refractivity contribution in [2.24, 2.45) is 0 Å². The Morgan fingerprint density at radius 1 is 1.60 bits per heavy atom. The lowest BCUT2D eigenvalue weighted by Crippen LogP contribution is -2.15. The van der Waals surface area contributed by atoms with E-state index in [1.807, 2.05) is 13.2 Å². The molecule has 0 aliphatic rings. The molecule has 0 aliphatic heterocycles. The van der Waals surface area contributed by atoms with Crippen LogP contribution >= 0.6 is 11.8 Å². The van der Waals surface area contributed by atoms with Crippen LogP contribution in [0.15, 0.2) is 12.1 Å². The van der Waals surface area contributed by atoms with Crippen LogP contribution in [0.4, 0.5) is 15.8 Å². The van der Waals surface area contributed by atoms with Crippen LogP contribution in [-0.2, 0) is 4.74 Å². The number of methoxy groups -OCH3 is 1. The molecule has 1 N–H and O–H groups in total. The van der Waals surface area contributed by atoms with E-state index in [1.165, 1.54) is 0 Å². The van der Waals surface area contributed by atoms with Crippen LogP contribution in [0.25, 0.3) is 0 Å². The Kier molecular flexibility index (Phi) is 5.75. The Bertz CT molecular complexity index is 524. The van der Waals surface area contributed by atoms with E-state index in [0.29, 0.717) is 6.54 Å². The largest absolute Gasteiger partial charge is 0.465 e. The van der Waals surface area contributed by atoms with Gasteiger partial charge in [0.15, 0.2) is 0 Å².